The second-order valence-electron chi connectivity index (χ2n) is 6.27. The van der Waals surface area contributed by atoms with Gasteiger partial charge in [0.05, 0.1) is 12.4 Å². The molecule has 0 radical (unpaired) electrons. The van der Waals surface area contributed by atoms with E-state index in [9.17, 15) is 14.4 Å². The minimum Gasteiger partial charge on any atom is -0.350 e. The zero-order valence-electron chi connectivity index (χ0n) is 15.0. The summed E-state index contributed by atoms with van der Waals surface area (Å²) in [7, 11) is 2.99. The highest BCUT2D eigenvalue weighted by atomic mass is 16.2. The number of aryl methyl sites for hydroxylation is 2. The van der Waals surface area contributed by atoms with Gasteiger partial charge < -0.3 is 9.88 Å². The highest BCUT2D eigenvalue weighted by Crippen LogP contribution is 2.12. The highest BCUT2D eigenvalue weighted by Gasteiger charge is 2.15. The number of imidazole rings is 1. The maximum Gasteiger partial charge on any atom is 0.332 e. The van der Waals surface area contributed by atoms with Gasteiger partial charge in [-0.1, -0.05) is 30.3 Å². The Hall–Kier alpha value is -3.16. The predicted octanol–water partition coefficient (Wildman–Crippen LogP) is 0.701. The Morgan fingerprint density at radius 2 is 1.85 bits per heavy atom. The van der Waals surface area contributed by atoms with Crippen molar-refractivity contribution in [2.45, 2.75) is 25.9 Å². The summed E-state index contributed by atoms with van der Waals surface area (Å²) >= 11 is 0. The Morgan fingerprint density at radius 1 is 1.15 bits per heavy atom. The summed E-state index contributed by atoms with van der Waals surface area (Å²) in [5.41, 5.74) is 0.813. The van der Waals surface area contributed by atoms with E-state index < -0.39 is 11.2 Å². The molecule has 0 spiro atoms. The fourth-order valence-corrected chi connectivity index (χ4v) is 2.93. The molecule has 1 amide bonds. The Bertz CT molecular complexity index is 1060. The van der Waals surface area contributed by atoms with Gasteiger partial charge in [-0.2, -0.15) is 0 Å². The topological polar surface area (TPSA) is 90.9 Å². The van der Waals surface area contributed by atoms with Gasteiger partial charge in [0.15, 0.2) is 11.2 Å². The first-order chi connectivity index (χ1) is 12.4. The van der Waals surface area contributed by atoms with Gasteiger partial charge in [0.25, 0.3) is 5.56 Å². The second-order valence-corrected chi connectivity index (χ2v) is 6.27. The van der Waals surface area contributed by atoms with E-state index >= 15 is 0 Å². The van der Waals surface area contributed by atoms with Gasteiger partial charge in [0, 0.05) is 27.1 Å². The highest BCUT2D eigenvalue weighted by molar-refractivity contribution is 5.77. The molecule has 2 heterocycles. The molecular formula is C18H21N5O3. The summed E-state index contributed by atoms with van der Waals surface area (Å²) in [5, 5.41) is 2.94. The van der Waals surface area contributed by atoms with Crippen LogP contribution in [0.2, 0.25) is 0 Å². The molecule has 0 aliphatic heterocycles. The molecule has 0 saturated heterocycles. The summed E-state index contributed by atoms with van der Waals surface area (Å²) in [5.74, 6) is -0.121. The van der Waals surface area contributed by atoms with E-state index in [1.54, 1.807) is 11.6 Å². The minimum absolute atomic E-state index is 0.100. The number of carbonyl (C=O) groups excluding carboxylic acids is 1. The number of hydrogen-bond donors (Lipinski definition) is 1. The van der Waals surface area contributed by atoms with Crippen molar-refractivity contribution in [3.63, 3.8) is 0 Å². The molecule has 0 bridgehead atoms. The zero-order valence-corrected chi connectivity index (χ0v) is 15.0. The Balaban J connectivity index is 1.75. The van der Waals surface area contributed by atoms with Crippen LogP contribution in [0, 0.1) is 0 Å². The van der Waals surface area contributed by atoms with Crippen molar-refractivity contribution in [2.24, 2.45) is 14.1 Å². The van der Waals surface area contributed by atoms with Gasteiger partial charge in [0.2, 0.25) is 5.91 Å². The number of rotatable bonds is 5. The van der Waals surface area contributed by atoms with E-state index in [0.717, 1.165) is 10.1 Å². The average molecular weight is 355 g/mol. The molecule has 1 atom stereocenters. The van der Waals surface area contributed by atoms with Crippen LogP contribution in [-0.4, -0.2) is 24.6 Å². The molecule has 2 aromatic heterocycles. The Labute approximate surface area is 149 Å². The lowest BCUT2D eigenvalue weighted by atomic mass is 10.1. The van der Waals surface area contributed by atoms with Crippen LogP contribution >= 0.6 is 0 Å². The third-order valence-electron chi connectivity index (χ3n) is 4.47. The second kappa shape index (κ2) is 6.99. The SMILES string of the molecule is C[C@H](NC(=O)CCn1cnc2c1c(=O)n(C)c(=O)n2C)c1ccccc1. The van der Waals surface area contributed by atoms with E-state index in [1.807, 2.05) is 37.3 Å². The van der Waals surface area contributed by atoms with Crippen LogP contribution in [0.5, 0.6) is 0 Å². The number of amides is 1. The fourth-order valence-electron chi connectivity index (χ4n) is 2.93. The van der Waals surface area contributed by atoms with Crippen LogP contribution in [0.3, 0.4) is 0 Å². The number of benzene rings is 1. The minimum atomic E-state index is -0.429. The third-order valence-corrected chi connectivity index (χ3v) is 4.47. The number of nitrogens with zero attached hydrogens (tertiary/aromatic N) is 4. The molecule has 0 fully saturated rings. The first-order valence-electron chi connectivity index (χ1n) is 8.35. The monoisotopic (exact) mass is 355 g/mol. The van der Waals surface area contributed by atoms with Crippen molar-refractivity contribution in [3.05, 3.63) is 63.1 Å². The molecule has 3 aromatic rings. The van der Waals surface area contributed by atoms with E-state index in [4.69, 9.17) is 0 Å². The molecular weight excluding hydrogens is 334 g/mol. The average Bonchev–Trinajstić information content (AvgIpc) is 3.07. The standard InChI is InChI=1S/C18H21N5O3/c1-12(13-7-5-4-6-8-13)20-14(24)9-10-23-11-19-16-15(23)17(25)22(3)18(26)21(16)2/h4-8,11-12H,9-10H2,1-3H3,(H,20,24)/t12-/m0/s1. The molecule has 8 heteroatoms. The van der Waals surface area contributed by atoms with Crippen molar-refractivity contribution in [1.29, 1.82) is 0 Å². The van der Waals surface area contributed by atoms with Crippen molar-refractivity contribution >= 4 is 17.1 Å². The number of carbonyl (C=O) groups is 1. The lowest BCUT2D eigenvalue weighted by Crippen LogP contribution is -2.37. The van der Waals surface area contributed by atoms with Gasteiger partial charge in [0.1, 0.15) is 0 Å². The third kappa shape index (κ3) is 3.17. The first kappa shape index (κ1) is 17.7. The lowest BCUT2D eigenvalue weighted by Gasteiger charge is -2.14. The van der Waals surface area contributed by atoms with E-state index in [0.29, 0.717) is 17.7 Å². The summed E-state index contributed by atoms with van der Waals surface area (Å²) in [6.07, 6.45) is 1.69. The molecule has 1 aromatic carbocycles. The zero-order chi connectivity index (χ0) is 18.8. The molecule has 0 saturated carbocycles. The normalized spacial score (nSPS) is 12.3. The van der Waals surface area contributed by atoms with E-state index in [1.165, 1.54) is 17.9 Å². The number of aromatic nitrogens is 4. The molecule has 1 N–H and O–H groups in total. The number of hydrogen-bond acceptors (Lipinski definition) is 4. The molecule has 136 valence electrons. The summed E-state index contributed by atoms with van der Waals surface area (Å²) in [6, 6.07) is 9.59. The van der Waals surface area contributed by atoms with Crippen LogP contribution < -0.4 is 16.6 Å². The number of nitrogens with one attached hydrogen (secondary N) is 1. The van der Waals surface area contributed by atoms with Gasteiger partial charge >= 0.3 is 5.69 Å². The lowest BCUT2D eigenvalue weighted by molar-refractivity contribution is -0.121. The van der Waals surface area contributed by atoms with Crippen LogP contribution in [0.25, 0.3) is 11.2 Å². The fraction of sp³-hybridized carbons (Fsp3) is 0.333. The van der Waals surface area contributed by atoms with E-state index in [2.05, 4.69) is 10.3 Å². The van der Waals surface area contributed by atoms with Gasteiger partial charge in [-0.15, -0.1) is 0 Å². The first-order valence-corrected chi connectivity index (χ1v) is 8.35. The van der Waals surface area contributed by atoms with Crippen LogP contribution in [0.4, 0.5) is 0 Å². The summed E-state index contributed by atoms with van der Waals surface area (Å²) in [4.78, 5) is 40.7. The largest absolute Gasteiger partial charge is 0.350 e. The molecule has 0 aliphatic rings. The quantitative estimate of drug-likeness (QED) is 0.729. The van der Waals surface area contributed by atoms with Gasteiger partial charge in [-0.05, 0) is 12.5 Å². The van der Waals surface area contributed by atoms with Gasteiger partial charge in [-0.25, -0.2) is 9.78 Å². The number of fused-ring (bicyclic) bond motifs is 1. The molecule has 0 unspecified atom stereocenters. The van der Waals surface area contributed by atoms with Crippen molar-refractivity contribution in [3.8, 4) is 0 Å². The molecule has 0 aliphatic carbocycles. The van der Waals surface area contributed by atoms with Crippen molar-refractivity contribution in [2.75, 3.05) is 0 Å². The smallest absolute Gasteiger partial charge is 0.332 e. The molecule has 3 rings (SSSR count). The Morgan fingerprint density at radius 3 is 2.54 bits per heavy atom. The Kier molecular flexibility index (Phi) is 4.75. The van der Waals surface area contributed by atoms with E-state index in [-0.39, 0.29) is 18.4 Å². The molecule has 26 heavy (non-hydrogen) atoms. The molecule has 8 nitrogen and oxygen atoms in total. The predicted molar refractivity (Wildman–Crippen MR) is 97.8 cm³/mol. The van der Waals surface area contributed by atoms with Crippen LogP contribution in [0.15, 0.2) is 46.2 Å². The van der Waals surface area contributed by atoms with Crippen LogP contribution in [-0.2, 0) is 25.4 Å². The summed E-state index contributed by atoms with van der Waals surface area (Å²) in [6.45, 7) is 2.22. The van der Waals surface area contributed by atoms with Crippen LogP contribution in [0.1, 0.15) is 24.9 Å². The van der Waals surface area contributed by atoms with Crippen molar-refractivity contribution in [1.82, 2.24) is 24.0 Å². The maximum absolute atomic E-state index is 12.4. The van der Waals surface area contributed by atoms with Crippen molar-refractivity contribution < 1.29 is 4.79 Å². The summed E-state index contributed by atoms with van der Waals surface area (Å²) < 4.78 is 3.98. The maximum atomic E-state index is 12.4. The van der Waals surface area contributed by atoms with Gasteiger partial charge in [-0.3, -0.25) is 18.7 Å².